The minimum absolute atomic E-state index is 0.182. The third-order valence-corrected chi connectivity index (χ3v) is 3.25. The van der Waals surface area contributed by atoms with Crippen LogP contribution in [0.5, 0.6) is 11.5 Å². The highest BCUT2D eigenvalue weighted by Gasteiger charge is 2.12. The number of nitrogens with zero attached hydrogens (tertiary/aromatic N) is 1. The molecule has 0 bridgehead atoms. The van der Waals surface area contributed by atoms with Crippen LogP contribution in [0, 0.1) is 11.3 Å². The van der Waals surface area contributed by atoms with Gasteiger partial charge in [-0.1, -0.05) is 24.3 Å². The third kappa shape index (κ3) is 3.30. The van der Waals surface area contributed by atoms with Crippen molar-refractivity contribution < 1.29 is 9.47 Å². The molecule has 2 rings (SSSR count). The Bertz CT molecular complexity index is 599. The fourth-order valence-corrected chi connectivity index (χ4v) is 2.09. The number of hydrogen-bond acceptors (Lipinski definition) is 3. The molecule has 0 fully saturated rings. The van der Waals surface area contributed by atoms with Crippen LogP contribution in [0.25, 0.3) is 0 Å². The first-order chi connectivity index (χ1) is 9.76. The molecule has 2 aromatic carbocycles. The molecule has 2 aromatic rings. The lowest BCUT2D eigenvalue weighted by Crippen LogP contribution is -2.01. The van der Waals surface area contributed by atoms with E-state index in [1.165, 1.54) is 0 Å². The molecule has 0 aliphatic carbocycles. The number of methoxy groups -OCH3 is 2. The molecule has 1 atom stereocenters. The quantitative estimate of drug-likeness (QED) is 0.832. The summed E-state index contributed by atoms with van der Waals surface area (Å²) in [5.74, 6) is 1.42. The van der Waals surface area contributed by atoms with Crippen molar-refractivity contribution in [1.29, 1.82) is 5.26 Å². The molecule has 0 spiro atoms. The summed E-state index contributed by atoms with van der Waals surface area (Å²) >= 11 is 0. The Morgan fingerprint density at radius 3 is 2.30 bits per heavy atom. The van der Waals surface area contributed by atoms with Crippen LogP contribution in [0.1, 0.15) is 17.0 Å². The molecular weight excluding hydrogens is 250 g/mol. The summed E-state index contributed by atoms with van der Waals surface area (Å²) in [6, 6.07) is 17.8. The molecule has 0 saturated heterocycles. The van der Waals surface area contributed by atoms with E-state index in [-0.39, 0.29) is 5.92 Å². The Hall–Kier alpha value is -2.47. The zero-order chi connectivity index (χ0) is 14.4. The van der Waals surface area contributed by atoms with Gasteiger partial charge in [-0.05, 0) is 41.8 Å². The molecule has 0 aromatic heterocycles. The Morgan fingerprint density at radius 2 is 1.70 bits per heavy atom. The lowest BCUT2D eigenvalue weighted by atomic mass is 9.93. The van der Waals surface area contributed by atoms with Crippen LogP contribution in [-0.4, -0.2) is 14.2 Å². The van der Waals surface area contributed by atoms with Gasteiger partial charge >= 0.3 is 0 Å². The summed E-state index contributed by atoms with van der Waals surface area (Å²) in [6.45, 7) is 0. The van der Waals surface area contributed by atoms with Gasteiger partial charge in [-0.25, -0.2) is 0 Å². The van der Waals surface area contributed by atoms with Crippen LogP contribution in [-0.2, 0) is 6.42 Å². The van der Waals surface area contributed by atoms with Crippen LogP contribution >= 0.6 is 0 Å². The van der Waals surface area contributed by atoms with Gasteiger partial charge in [-0.15, -0.1) is 0 Å². The molecule has 20 heavy (non-hydrogen) atoms. The highest BCUT2D eigenvalue weighted by molar-refractivity contribution is 5.36. The predicted molar refractivity (Wildman–Crippen MR) is 78.0 cm³/mol. The van der Waals surface area contributed by atoms with E-state index < -0.39 is 0 Å². The number of benzene rings is 2. The monoisotopic (exact) mass is 267 g/mol. The van der Waals surface area contributed by atoms with Crippen LogP contribution in [0.3, 0.4) is 0 Å². The first-order valence-corrected chi connectivity index (χ1v) is 6.43. The van der Waals surface area contributed by atoms with E-state index in [9.17, 15) is 5.26 Å². The molecule has 3 nitrogen and oxygen atoms in total. The third-order valence-electron chi connectivity index (χ3n) is 3.25. The van der Waals surface area contributed by atoms with E-state index in [1.54, 1.807) is 14.2 Å². The van der Waals surface area contributed by atoms with Crippen LogP contribution in [0.2, 0.25) is 0 Å². The van der Waals surface area contributed by atoms with Crippen molar-refractivity contribution in [2.75, 3.05) is 14.2 Å². The maximum Gasteiger partial charge on any atom is 0.119 e. The lowest BCUT2D eigenvalue weighted by molar-refractivity contribution is 0.414. The van der Waals surface area contributed by atoms with Gasteiger partial charge in [-0.3, -0.25) is 0 Å². The zero-order valence-corrected chi connectivity index (χ0v) is 11.7. The number of hydrogen-bond donors (Lipinski definition) is 0. The summed E-state index contributed by atoms with van der Waals surface area (Å²) in [6.07, 6.45) is 0.674. The summed E-state index contributed by atoms with van der Waals surface area (Å²) in [5.41, 5.74) is 2.09. The van der Waals surface area contributed by atoms with Gasteiger partial charge in [0.15, 0.2) is 0 Å². The fourth-order valence-electron chi connectivity index (χ4n) is 2.09. The second kappa shape index (κ2) is 6.63. The standard InChI is InChI=1S/C17H17NO2/c1-19-16-8-6-13(7-9-16)10-15(12-18)14-4-3-5-17(11-14)20-2/h3-9,11,15H,10H2,1-2H3/t15-/m0/s1. The van der Waals surface area contributed by atoms with Crippen LogP contribution in [0.15, 0.2) is 48.5 Å². The smallest absolute Gasteiger partial charge is 0.119 e. The summed E-state index contributed by atoms with van der Waals surface area (Å²) in [5, 5.41) is 9.39. The lowest BCUT2D eigenvalue weighted by Gasteiger charge is -2.11. The minimum atomic E-state index is -0.182. The van der Waals surface area contributed by atoms with E-state index >= 15 is 0 Å². The first-order valence-electron chi connectivity index (χ1n) is 6.43. The Labute approximate surface area is 119 Å². The van der Waals surface area contributed by atoms with Crippen molar-refractivity contribution >= 4 is 0 Å². The van der Waals surface area contributed by atoms with E-state index in [0.717, 1.165) is 22.6 Å². The highest BCUT2D eigenvalue weighted by atomic mass is 16.5. The Kier molecular flexibility index (Phi) is 4.62. The van der Waals surface area contributed by atoms with Gasteiger partial charge in [0.05, 0.1) is 26.2 Å². The topological polar surface area (TPSA) is 42.2 Å². The summed E-state index contributed by atoms with van der Waals surface area (Å²) in [7, 11) is 3.27. The summed E-state index contributed by atoms with van der Waals surface area (Å²) in [4.78, 5) is 0. The van der Waals surface area contributed by atoms with E-state index in [0.29, 0.717) is 6.42 Å². The minimum Gasteiger partial charge on any atom is -0.497 e. The number of ether oxygens (including phenoxy) is 2. The van der Waals surface area contributed by atoms with E-state index in [2.05, 4.69) is 6.07 Å². The van der Waals surface area contributed by atoms with Crippen molar-refractivity contribution in [1.82, 2.24) is 0 Å². The van der Waals surface area contributed by atoms with Crippen molar-refractivity contribution in [2.24, 2.45) is 0 Å². The normalized spacial score (nSPS) is 11.4. The van der Waals surface area contributed by atoms with Gasteiger partial charge < -0.3 is 9.47 Å². The molecule has 0 aliphatic rings. The molecule has 0 saturated carbocycles. The number of rotatable bonds is 5. The van der Waals surface area contributed by atoms with Gasteiger partial charge in [0.1, 0.15) is 11.5 Å². The second-order valence-corrected chi connectivity index (χ2v) is 4.51. The van der Waals surface area contributed by atoms with Gasteiger partial charge in [0, 0.05) is 0 Å². The zero-order valence-electron chi connectivity index (χ0n) is 11.7. The molecule has 0 aliphatic heterocycles. The molecular formula is C17H17NO2. The predicted octanol–water partition coefficient (Wildman–Crippen LogP) is 3.55. The highest BCUT2D eigenvalue weighted by Crippen LogP contribution is 2.24. The van der Waals surface area contributed by atoms with E-state index in [4.69, 9.17) is 9.47 Å². The number of nitriles is 1. The second-order valence-electron chi connectivity index (χ2n) is 4.51. The fraction of sp³-hybridized carbons (Fsp3) is 0.235. The first kappa shape index (κ1) is 14.0. The average molecular weight is 267 g/mol. The molecule has 0 N–H and O–H groups in total. The maximum absolute atomic E-state index is 9.39. The molecule has 0 heterocycles. The van der Waals surface area contributed by atoms with Crippen LogP contribution < -0.4 is 9.47 Å². The van der Waals surface area contributed by atoms with Gasteiger partial charge in [0.2, 0.25) is 0 Å². The Balaban J connectivity index is 2.17. The molecule has 102 valence electrons. The van der Waals surface area contributed by atoms with Crippen molar-refractivity contribution in [3.05, 3.63) is 59.7 Å². The molecule has 0 unspecified atom stereocenters. The van der Waals surface area contributed by atoms with Gasteiger partial charge in [0.25, 0.3) is 0 Å². The molecule has 3 heteroatoms. The average Bonchev–Trinajstić information content (AvgIpc) is 2.53. The van der Waals surface area contributed by atoms with Crippen molar-refractivity contribution in [3.63, 3.8) is 0 Å². The SMILES string of the molecule is COc1ccc(C[C@@H](C#N)c2cccc(OC)c2)cc1. The molecule has 0 radical (unpaired) electrons. The van der Waals surface area contributed by atoms with Crippen molar-refractivity contribution in [3.8, 4) is 17.6 Å². The maximum atomic E-state index is 9.39. The largest absolute Gasteiger partial charge is 0.497 e. The molecule has 0 amide bonds. The Morgan fingerprint density at radius 1 is 1.00 bits per heavy atom. The van der Waals surface area contributed by atoms with Gasteiger partial charge in [-0.2, -0.15) is 5.26 Å². The van der Waals surface area contributed by atoms with E-state index in [1.807, 2.05) is 48.5 Å². The summed E-state index contributed by atoms with van der Waals surface area (Å²) < 4.78 is 10.3. The van der Waals surface area contributed by atoms with Crippen LogP contribution in [0.4, 0.5) is 0 Å². The van der Waals surface area contributed by atoms with Crippen molar-refractivity contribution in [2.45, 2.75) is 12.3 Å².